The van der Waals surface area contributed by atoms with E-state index in [1.54, 1.807) is 53.1 Å². The number of benzene rings is 1. The highest BCUT2D eigenvalue weighted by Crippen LogP contribution is 2.21. The van der Waals surface area contributed by atoms with Crippen LogP contribution in [0.25, 0.3) is 6.08 Å². The zero-order valence-corrected chi connectivity index (χ0v) is 19.1. The Labute approximate surface area is 190 Å². The van der Waals surface area contributed by atoms with Crippen molar-refractivity contribution in [2.75, 3.05) is 44.2 Å². The molecule has 4 rings (SSSR count). The van der Waals surface area contributed by atoms with Crippen LogP contribution in [0.15, 0.2) is 59.8 Å². The van der Waals surface area contributed by atoms with E-state index in [1.807, 2.05) is 17.0 Å². The van der Waals surface area contributed by atoms with Crippen LogP contribution in [0.2, 0.25) is 0 Å². The molecule has 0 bridgehead atoms. The van der Waals surface area contributed by atoms with E-state index in [0.29, 0.717) is 31.1 Å². The van der Waals surface area contributed by atoms with Crippen molar-refractivity contribution in [1.29, 1.82) is 0 Å². The van der Waals surface area contributed by atoms with Gasteiger partial charge >= 0.3 is 0 Å². The van der Waals surface area contributed by atoms with Crippen molar-refractivity contribution >= 4 is 27.7 Å². The fourth-order valence-electron chi connectivity index (χ4n) is 4.19. The first-order chi connectivity index (χ1) is 15.5. The van der Waals surface area contributed by atoms with E-state index in [2.05, 4.69) is 9.88 Å². The minimum atomic E-state index is -3.45. The van der Waals surface area contributed by atoms with Crippen LogP contribution in [-0.4, -0.2) is 67.8 Å². The van der Waals surface area contributed by atoms with Crippen molar-refractivity contribution in [2.24, 2.45) is 0 Å². The fourth-order valence-corrected chi connectivity index (χ4v) is 5.71. The summed E-state index contributed by atoms with van der Waals surface area (Å²) in [6.45, 7) is 4.08. The summed E-state index contributed by atoms with van der Waals surface area (Å²) in [6.07, 6.45) is 10.9. The summed E-state index contributed by atoms with van der Waals surface area (Å²) in [7, 11) is -3.45. The maximum atomic E-state index is 12.9. The number of sulfonamides is 1. The van der Waals surface area contributed by atoms with E-state index < -0.39 is 10.0 Å². The SMILES string of the molecule is O=C(C=Cc1ccc(S(=O)(=O)N2CCCCCC2)cc1)N1CCN(c2ccncc2)CC1. The molecule has 170 valence electrons. The minimum absolute atomic E-state index is 0.0272. The third-order valence-electron chi connectivity index (χ3n) is 6.12. The third kappa shape index (κ3) is 5.37. The molecule has 2 saturated heterocycles. The first-order valence-corrected chi connectivity index (χ1v) is 12.7. The largest absolute Gasteiger partial charge is 0.368 e. The van der Waals surface area contributed by atoms with Gasteiger partial charge in [-0.15, -0.1) is 0 Å². The summed E-state index contributed by atoms with van der Waals surface area (Å²) in [4.78, 5) is 21.0. The van der Waals surface area contributed by atoms with Crippen molar-refractivity contribution in [3.63, 3.8) is 0 Å². The molecule has 0 saturated carbocycles. The molecule has 1 amide bonds. The Bertz CT molecular complexity index is 1020. The van der Waals surface area contributed by atoms with Gasteiger partial charge in [0, 0.05) is 63.4 Å². The first-order valence-electron chi connectivity index (χ1n) is 11.3. The summed E-state index contributed by atoms with van der Waals surface area (Å²) < 4.78 is 27.4. The van der Waals surface area contributed by atoms with Crippen LogP contribution in [0.5, 0.6) is 0 Å². The number of rotatable bonds is 5. The number of aromatic nitrogens is 1. The van der Waals surface area contributed by atoms with Crippen LogP contribution in [-0.2, 0) is 14.8 Å². The van der Waals surface area contributed by atoms with Gasteiger partial charge in [0.1, 0.15) is 0 Å². The first kappa shape index (κ1) is 22.5. The molecule has 8 heteroatoms. The Hall–Kier alpha value is -2.71. The molecule has 3 heterocycles. The predicted octanol–water partition coefficient (Wildman–Crippen LogP) is 3.01. The normalized spacial score (nSPS) is 18.6. The van der Waals surface area contributed by atoms with Gasteiger partial charge in [0.2, 0.25) is 15.9 Å². The molecule has 0 aliphatic carbocycles. The third-order valence-corrected chi connectivity index (χ3v) is 8.03. The average molecular weight is 455 g/mol. The number of amides is 1. The van der Waals surface area contributed by atoms with Crippen LogP contribution in [0, 0.1) is 0 Å². The van der Waals surface area contributed by atoms with Gasteiger partial charge in [-0.2, -0.15) is 4.31 Å². The Morgan fingerprint density at radius 1 is 0.812 bits per heavy atom. The van der Waals surface area contributed by atoms with E-state index in [4.69, 9.17) is 0 Å². The maximum absolute atomic E-state index is 12.9. The van der Waals surface area contributed by atoms with Gasteiger partial charge in [0.25, 0.3) is 0 Å². The number of anilines is 1. The van der Waals surface area contributed by atoms with E-state index in [-0.39, 0.29) is 5.91 Å². The maximum Gasteiger partial charge on any atom is 0.246 e. The smallest absolute Gasteiger partial charge is 0.246 e. The van der Waals surface area contributed by atoms with E-state index >= 15 is 0 Å². The van der Waals surface area contributed by atoms with Gasteiger partial charge in [-0.3, -0.25) is 9.78 Å². The lowest BCUT2D eigenvalue weighted by atomic mass is 10.2. The highest BCUT2D eigenvalue weighted by Gasteiger charge is 2.25. The zero-order valence-electron chi connectivity index (χ0n) is 18.3. The van der Waals surface area contributed by atoms with Crippen LogP contribution in [0.1, 0.15) is 31.2 Å². The van der Waals surface area contributed by atoms with E-state index in [0.717, 1.165) is 50.0 Å². The summed E-state index contributed by atoms with van der Waals surface area (Å²) >= 11 is 0. The van der Waals surface area contributed by atoms with Crippen LogP contribution >= 0.6 is 0 Å². The van der Waals surface area contributed by atoms with Gasteiger partial charge in [-0.05, 0) is 48.7 Å². The predicted molar refractivity (Wildman–Crippen MR) is 126 cm³/mol. The Morgan fingerprint density at radius 3 is 2.06 bits per heavy atom. The quantitative estimate of drug-likeness (QED) is 0.650. The van der Waals surface area contributed by atoms with Gasteiger partial charge in [0.15, 0.2) is 0 Å². The molecule has 1 aromatic heterocycles. The van der Waals surface area contributed by atoms with Crippen LogP contribution in [0.3, 0.4) is 0 Å². The standard InChI is InChI=1S/C24H30N4O3S/c29-24(27-19-17-26(18-20-27)22-11-13-25-14-12-22)10-7-21-5-8-23(9-6-21)32(30,31)28-15-3-1-2-4-16-28/h5-14H,1-4,15-20H2. The highest BCUT2D eigenvalue weighted by atomic mass is 32.2. The van der Waals surface area contributed by atoms with Gasteiger partial charge in [-0.25, -0.2) is 8.42 Å². The summed E-state index contributed by atoms with van der Waals surface area (Å²) in [5, 5.41) is 0. The number of nitrogens with zero attached hydrogens (tertiary/aromatic N) is 4. The molecular weight excluding hydrogens is 424 g/mol. The lowest BCUT2D eigenvalue weighted by Crippen LogP contribution is -2.48. The van der Waals surface area contributed by atoms with Crippen molar-refractivity contribution < 1.29 is 13.2 Å². The summed E-state index contributed by atoms with van der Waals surface area (Å²) in [5.41, 5.74) is 1.93. The summed E-state index contributed by atoms with van der Waals surface area (Å²) in [5.74, 6) is -0.0272. The minimum Gasteiger partial charge on any atom is -0.368 e. The van der Waals surface area contributed by atoms with Crippen LogP contribution < -0.4 is 4.90 Å². The number of pyridine rings is 1. The lowest BCUT2D eigenvalue weighted by molar-refractivity contribution is -0.126. The molecule has 2 fully saturated rings. The Morgan fingerprint density at radius 2 is 1.44 bits per heavy atom. The molecule has 0 spiro atoms. The molecule has 0 unspecified atom stereocenters. The Kier molecular flexibility index (Phi) is 7.22. The molecule has 32 heavy (non-hydrogen) atoms. The van der Waals surface area contributed by atoms with Gasteiger partial charge in [0.05, 0.1) is 4.90 Å². The van der Waals surface area contributed by atoms with Crippen molar-refractivity contribution in [3.05, 3.63) is 60.4 Å². The molecule has 2 aliphatic rings. The summed E-state index contributed by atoms with van der Waals surface area (Å²) in [6, 6.07) is 10.8. The van der Waals surface area contributed by atoms with Crippen molar-refractivity contribution in [3.8, 4) is 0 Å². The number of hydrogen-bond donors (Lipinski definition) is 0. The van der Waals surface area contributed by atoms with Gasteiger partial charge < -0.3 is 9.80 Å². The second kappa shape index (κ2) is 10.3. The number of piperazine rings is 1. The molecule has 7 nitrogen and oxygen atoms in total. The number of hydrogen-bond acceptors (Lipinski definition) is 5. The fraction of sp³-hybridized carbons (Fsp3) is 0.417. The van der Waals surface area contributed by atoms with Crippen molar-refractivity contribution in [1.82, 2.24) is 14.2 Å². The molecule has 2 aliphatic heterocycles. The molecule has 1 aromatic carbocycles. The molecule has 0 radical (unpaired) electrons. The molecule has 0 N–H and O–H groups in total. The van der Waals surface area contributed by atoms with E-state index in [9.17, 15) is 13.2 Å². The number of carbonyl (C=O) groups is 1. The second-order valence-electron chi connectivity index (χ2n) is 8.24. The molecule has 0 atom stereocenters. The Balaban J connectivity index is 1.33. The van der Waals surface area contributed by atoms with Crippen molar-refractivity contribution in [2.45, 2.75) is 30.6 Å². The number of carbonyl (C=O) groups excluding carboxylic acids is 1. The lowest BCUT2D eigenvalue weighted by Gasteiger charge is -2.35. The van der Waals surface area contributed by atoms with Crippen LogP contribution in [0.4, 0.5) is 5.69 Å². The topological polar surface area (TPSA) is 73.8 Å². The molecule has 2 aromatic rings. The molecular formula is C24H30N4O3S. The average Bonchev–Trinajstić information content (AvgIpc) is 3.14. The monoisotopic (exact) mass is 454 g/mol. The second-order valence-corrected chi connectivity index (χ2v) is 10.2. The zero-order chi connectivity index (χ0) is 22.4. The van der Waals surface area contributed by atoms with E-state index in [1.165, 1.54) is 0 Å². The van der Waals surface area contributed by atoms with Gasteiger partial charge in [-0.1, -0.05) is 25.0 Å². The highest BCUT2D eigenvalue weighted by molar-refractivity contribution is 7.89.